The maximum Gasteiger partial charge on any atom is 0.261 e. The first-order valence-corrected chi connectivity index (χ1v) is 8.74. The van der Waals surface area contributed by atoms with Gasteiger partial charge in [-0.1, -0.05) is 0 Å². The van der Waals surface area contributed by atoms with Crippen LogP contribution in [0, 0.1) is 0 Å². The van der Waals surface area contributed by atoms with Gasteiger partial charge in [-0.05, 0) is 0 Å². The van der Waals surface area contributed by atoms with Crippen molar-refractivity contribution in [1.29, 1.82) is 0 Å². The summed E-state index contributed by atoms with van der Waals surface area (Å²) in [4.78, 5) is 14.2. The molecule has 0 aromatic carbocycles. The van der Waals surface area contributed by atoms with Crippen LogP contribution in [0.25, 0.3) is 0 Å². The molecule has 0 spiro atoms. The Kier molecular flexibility index (Phi) is 3.62. The van der Waals surface area contributed by atoms with Crippen molar-refractivity contribution >= 4 is 15.9 Å². The van der Waals surface area contributed by atoms with Gasteiger partial charge in [0.05, 0.1) is 19.1 Å². The fourth-order valence-electron chi connectivity index (χ4n) is 2.61. The highest BCUT2D eigenvalue weighted by Crippen LogP contribution is 2.24. The maximum absolute atomic E-state index is 12.5. The Hall–Kier alpha value is -1.61. The van der Waals surface area contributed by atoms with Gasteiger partial charge in [-0.2, -0.15) is 9.40 Å². The van der Waals surface area contributed by atoms with Gasteiger partial charge in [0.1, 0.15) is 5.56 Å². The quantitative estimate of drug-likeness (QED) is 0.726. The summed E-state index contributed by atoms with van der Waals surface area (Å²) in [5, 5.41) is 4.16. The number of aryl methyl sites for hydroxylation is 1. The van der Waals surface area contributed by atoms with E-state index in [1.54, 1.807) is 9.58 Å². The topological polar surface area (TPSA) is 84.7 Å². The number of piperazine rings is 1. The van der Waals surface area contributed by atoms with Crippen LogP contribution in [0.3, 0.4) is 0 Å². The molecule has 1 aromatic heterocycles. The average molecular weight is 314 g/mol. The summed E-state index contributed by atoms with van der Waals surface area (Å²) in [6, 6.07) is 0. The monoisotopic (exact) mass is 314 g/mol. The first-order valence-electron chi connectivity index (χ1n) is 6.90. The molecule has 1 amide bonds. The van der Waals surface area contributed by atoms with E-state index in [4.69, 9.17) is 4.74 Å². The van der Waals surface area contributed by atoms with Crippen LogP contribution in [0.15, 0.2) is 6.20 Å². The van der Waals surface area contributed by atoms with Gasteiger partial charge in [-0.15, -0.1) is 0 Å². The summed E-state index contributed by atoms with van der Waals surface area (Å²) < 4.78 is 31.6. The van der Waals surface area contributed by atoms with Crippen molar-refractivity contribution in [2.75, 3.05) is 39.0 Å². The molecular weight excluding hydrogens is 296 g/mol. The van der Waals surface area contributed by atoms with Gasteiger partial charge in [-0.3, -0.25) is 4.79 Å². The summed E-state index contributed by atoms with van der Waals surface area (Å²) in [5.74, 6) is 0.378. The van der Waals surface area contributed by atoms with Crippen LogP contribution in [0.5, 0.6) is 5.88 Å². The van der Waals surface area contributed by atoms with Crippen LogP contribution < -0.4 is 4.74 Å². The number of carbonyl (C=O) groups excluding carboxylic acids is 1. The van der Waals surface area contributed by atoms with Crippen LogP contribution in [0.4, 0.5) is 0 Å². The molecule has 116 valence electrons. The second-order valence-electron chi connectivity index (χ2n) is 5.24. The Bertz CT molecular complexity index is 646. The van der Waals surface area contributed by atoms with E-state index in [1.807, 2.05) is 0 Å². The molecule has 1 fully saturated rings. The number of ether oxygens (including phenoxy) is 1. The normalized spacial score (nSPS) is 20.0. The van der Waals surface area contributed by atoms with E-state index >= 15 is 0 Å². The molecule has 21 heavy (non-hydrogen) atoms. The molecule has 8 nitrogen and oxygen atoms in total. The first-order chi connectivity index (χ1) is 9.97. The third-order valence-electron chi connectivity index (χ3n) is 3.77. The molecule has 0 aliphatic carbocycles. The zero-order valence-electron chi connectivity index (χ0n) is 11.9. The molecule has 0 radical (unpaired) electrons. The number of amides is 1. The minimum absolute atomic E-state index is 0.147. The number of rotatable bonds is 2. The molecule has 2 aliphatic rings. The largest absolute Gasteiger partial charge is 0.477 e. The van der Waals surface area contributed by atoms with E-state index in [2.05, 4.69) is 5.10 Å². The van der Waals surface area contributed by atoms with E-state index < -0.39 is 10.0 Å². The standard InChI is InChI=1S/C12H18N4O4S/c1-21(18,19)15-6-4-14(5-7-15)11(17)10-9-13-16-3-2-8-20-12(10)16/h9H,2-8H2,1H3. The maximum atomic E-state index is 12.5. The smallest absolute Gasteiger partial charge is 0.261 e. The summed E-state index contributed by atoms with van der Waals surface area (Å²) in [6.45, 7) is 2.77. The number of sulfonamides is 1. The SMILES string of the molecule is CS(=O)(=O)N1CCN(C(=O)c2cnn3c2OCCC3)CC1. The van der Waals surface area contributed by atoms with E-state index in [-0.39, 0.29) is 5.91 Å². The van der Waals surface area contributed by atoms with Crippen molar-refractivity contribution in [3.05, 3.63) is 11.8 Å². The van der Waals surface area contributed by atoms with Gasteiger partial charge in [0.25, 0.3) is 5.91 Å². The predicted molar refractivity (Wildman–Crippen MR) is 74.7 cm³/mol. The van der Waals surface area contributed by atoms with Crippen molar-refractivity contribution in [1.82, 2.24) is 19.0 Å². The number of nitrogens with zero attached hydrogens (tertiary/aromatic N) is 4. The van der Waals surface area contributed by atoms with Crippen LogP contribution >= 0.6 is 0 Å². The highest BCUT2D eigenvalue weighted by molar-refractivity contribution is 7.88. The van der Waals surface area contributed by atoms with Crippen LogP contribution in [-0.4, -0.2) is 72.4 Å². The molecule has 1 aromatic rings. The van der Waals surface area contributed by atoms with Crippen molar-refractivity contribution in [2.24, 2.45) is 0 Å². The Morgan fingerprint density at radius 2 is 1.95 bits per heavy atom. The molecule has 2 aliphatic heterocycles. The average Bonchev–Trinajstić information content (AvgIpc) is 2.90. The second kappa shape index (κ2) is 5.30. The lowest BCUT2D eigenvalue weighted by Crippen LogP contribution is -2.50. The van der Waals surface area contributed by atoms with Crippen molar-refractivity contribution in [3.8, 4) is 5.88 Å². The molecule has 0 unspecified atom stereocenters. The lowest BCUT2D eigenvalue weighted by molar-refractivity contribution is 0.0691. The zero-order valence-corrected chi connectivity index (χ0v) is 12.7. The lowest BCUT2D eigenvalue weighted by Gasteiger charge is -2.33. The van der Waals surface area contributed by atoms with Gasteiger partial charge in [0, 0.05) is 39.1 Å². The third-order valence-corrected chi connectivity index (χ3v) is 5.07. The molecule has 0 atom stereocenters. The number of aromatic nitrogens is 2. The summed E-state index contributed by atoms with van der Waals surface area (Å²) in [5.41, 5.74) is 0.461. The van der Waals surface area contributed by atoms with E-state index in [1.165, 1.54) is 16.8 Å². The third kappa shape index (κ3) is 2.75. The minimum atomic E-state index is -3.19. The fourth-order valence-corrected chi connectivity index (χ4v) is 3.44. The molecule has 1 saturated heterocycles. The Labute approximate surface area is 123 Å². The highest BCUT2D eigenvalue weighted by atomic mass is 32.2. The molecule has 9 heteroatoms. The van der Waals surface area contributed by atoms with Gasteiger partial charge in [0.2, 0.25) is 15.9 Å². The van der Waals surface area contributed by atoms with Crippen LogP contribution in [0.1, 0.15) is 16.8 Å². The zero-order chi connectivity index (χ0) is 15.0. The van der Waals surface area contributed by atoms with Gasteiger partial charge >= 0.3 is 0 Å². The van der Waals surface area contributed by atoms with E-state index in [0.29, 0.717) is 44.2 Å². The second-order valence-corrected chi connectivity index (χ2v) is 7.23. The van der Waals surface area contributed by atoms with E-state index in [0.717, 1.165) is 13.0 Å². The molecule has 3 rings (SSSR count). The number of carbonyl (C=O) groups is 1. The number of hydrogen-bond donors (Lipinski definition) is 0. The molecule has 0 bridgehead atoms. The fraction of sp³-hybridized carbons (Fsp3) is 0.667. The molecular formula is C12H18N4O4S. The lowest BCUT2D eigenvalue weighted by atomic mass is 10.2. The molecule has 0 N–H and O–H groups in total. The first kappa shape index (κ1) is 14.3. The summed E-state index contributed by atoms with van der Waals surface area (Å²) in [7, 11) is -3.19. The van der Waals surface area contributed by atoms with Crippen LogP contribution in [0.2, 0.25) is 0 Å². The van der Waals surface area contributed by atoms with Crippen molar-refractivity contribution in [3.63, 3.8) is 0 Å². The molecule has 3 heterocycles. The Balaban J connectivity index is 1.71. The minimum Gasteiger partial charge on any atom is -0.477 e. The van der Waals surface area contributed by atoms with Crippen molar-refractivity contribution in [2.45, 2.75) is 13.0 Å². The highest BCUT2D eigenvalue weighted by Gasteiger charge is 2.30. The number of fused-ring (bicyclic) bond motifs is 1. The van der Waals surface area contributed by atoms with Gasteiger partial charge in [0.15, 0.2) is 0 Å². The van der Waals surface area contributed by atoms with Crippen LogP contribution in [-0.2, 0) is 16.6 Å². The van der Waals surface area contributed by atoms with Gasteiger partial charge in [-0.25, -0.2) is 13.1 Å². The number of hydrogen-bond acceptors (Lipinski definition) is 5. The Morgan fingerprint density at radius 3 is 2.62 bits per heavy atom. The van der Waals surface area contributed by atoms with E-state index in [9.17, 15) is 13.2 Å². The van der Waals surface area contributed by atoms with Gasteiger partial charge < -0.3 is 9.64 Å². The molecule has 0 saturated carbocycles. The summed E-state index contributed by atoms with van der Waals surface area (Å²) >= 11 is 0. The predicted octanol–water partition coefficient (Wildman–Crippen LogP) is -0.617. The summed E-state index contributed by atoms with van der Waals surface area (Å²) in [6.07, 6.45) is 3.60. The van der Waals surface area contributed by atoms with Crippen molar-refractivity contribution < 1.29 is 17.9 Å². The Morgan fingerprint density at radius 1 is 1.24 bits per heavy atom.